The van der Waals surface area contributed by atoms with E-state index >= 15 is 0 Å². The Morgan fingerprint density at radius 3 is 2.25 bits per heavy atom. The van der Waals surface area contributed by atoms with E-state index in [4.69, 9.17) is 4.55 Å². The van der Waals surface area contributed by atoms with Crippen molar-refractivity contribution in [3.8, 4) is 0 Å². The summed E-state index contributed by atoms with van der Waals surface area (Å²) in [5.74, 6) is 0.0721. The molecule has 1 fully saturated rings. The molecular weight excluding hydrogens is 412 g/mol. The molecule has 168 valence electrons. The predicted molar refractivity (Wildman–Crippen MR) is 106 cm³/mol. The molecule has 11 heteroatoms. The van der Waals surface area contributed by atoms with E-state index < -0.39 is 63.7 Å². The van der Waals surface area contributed by atoms with Crippen molar-refractivity contribution < 1.29 is 42.7 Å². The van der Waals surface area contributed by atoms with Crippen LogP contribution in [0.3, 0.4) is 0 Å². The van der Waals surface area contributed by atoms with Crippen LogP contribution in [0.15, 0.2) is 0 Å². The average molecular weight is 448 g/mol. The van der Waals surface area contributed by atoms with E-state index in [1.54, 1.807) is 0 Å². The summed E-state index contributed by atoms with van der Waals surface area (Å²) >= 11 is 0. The van der Waals surface area contributed by atoms with Crippen molar-refractivity contribution in [2.45, 2.75) is 87.6 Å². The molecule has 0 aromatic heterocycles. The van der Waals surface area contributed by atoms with Crippen molar-refractivity contribution in [3.05, 3.63) is 0 Å². The molecule has 0 spiro atoms. The lowest BCUT2D eigenvalue weighted by Gasteiger charge is -2.26. The average Bonchev–Trinajstić information content (AvgIpc) is 2.88. The molecule has 0 amide bonds. The van der Waals surface area contributed by atoms with Crippen LogP contribution in [-0.4, -0.2) is 92.4 Å². The van der Waals surface area contributed by atoms with E-state index in [1.807, 2.05) is 0 Å². The van der Waals surface area contributed by atoms with Crippen LogP contribution < -0.4 is 0 Å². The Balaban J connectivity index is 2.66. The van der Waals surface area contributed by atoms with Gasteiger partial charge in [0.15, 0.2) is 5.25 Å². The van der Waals surface area contributed by atoms with Crippen molar-refractivity contribution in [1.82, 2.24) is 0 Å². The lowest BCUT2D eigenvalue weighted by molar-refractivity contribution is -0.0402. The van der Waals surface area contributed by atoms with Gasteiger partial charge in [0, 0.05) is 10.9 Å². The van der Waals surface area contributed by atoms with E-state index in [0.29, 0.717) is 6.42 Å². The number of aliphatic hydroxyl groups is 5. The van der Waals surface area contributed by atoms with Crippen LogP contribution in [-0.2, 0) is 25.5 Å². The minimum Gasteiger partial charge on any atom is -0.391 e. The summed E-state index contributed by atoms with van der Waals surface area (Å²) in [6, 6.07) is 0. The quantitative estimate of drug-likeness (QED) is 0.115. The van der Waals surface area contributed by atoms with Crippen LogP contribution in [0.4, 0.5) is 0 Å². The molecule has 0 aromatic rings. The highest BCUT2D eigenvalue weighted by Gasteiger charge is 2.51. The zero-order valence-electron chi connectivity index (χ0n) is 16.3. The molecular formula is C17H35O9S2+. The van der Waals surface area contributed by atoms with Gasteiger partial charge in [0.1, 0.15) is 35.9 Å². The van der Waals surface area contributed by atoms with Crippen molar-refractivity contribution in [1.29, 1.82) is 0 Å². The monoisotopic (exact) mass is 447 g/mol. The van der Waals surface area contributed by atoms with Gasteiger partial charge in [-0.25, -0.2) is 4.18 Å². The zero-order chi connectivity index (χ0) is 21.3. The Morgan fingerprint density at radius 1 is 1.07 bits per heavy atom. The first-order valence-corrected chi connectivity index (χ1v) is 12.7. The minimum absolute atomic E-state index is 0.0763. The first-order chi connectivity index (χ1) is 13.1. The highest BCUT2D eigenvalue weighted by molar-refractivity contribution is 7.97. The first kappa shape index (κ1) is 26.1. The van der Waals surface area contributed by atoms with Crippen LogP contribution in [0.25, 0.3) is 0 Å². The molecule has 0 aliphatic carbocycles. The summed E-state index contributed by atoms with van der Waals surface area (Å²) in [4.78, 5) is 0. The standard InChI is InChI=1S/C17H34O9S2/c1-2-3-4-5-6-7-8-12(19)17(26-28(23,24)25)14(21)11-27-10-13(20)16(22)15(27)9-18/h12-22H,2-11H2,1H3/p+1/t12-,13-,14-,15-,16+,17+,27?/m1/s1. The van der Waals surface area contributed by atoms with Crippen LogP contribution in [0, 0.1) is 0 Å². The summed E-state index contributed by atoms with van der Waals surface area (Å²) in [6.07, 6.45) is -0.521. The molecule has 0 radical (unpaired) electrons. The van der Waals surface area contributed by atoms with E-state index in [-0.39, 0.29) is 17.9 Å². The van der Waals surface area contributed by atoms with Crippen molar-refractivity contribution in [3.63, 3.8) is 0 Å². The minimum atomic E-state index is -4.90. The molecule has 1 saturated heterocycles. The molecule has 7 atom stereocenters. The number of unbranched alkanes of at least 4 members (excludes halogenated alkanes) is 5. The zero-order valence-corrected chi connectivity index (χ0v) is 17.9. The molecule has 1 unspecified atom stereocenters. The Labute approximate surface area is 170 Å². The van der Waals surface area contributed by atoms with Gasteiger partial charge in [-0.1, -0.05) is 45.4 Å². The summed E-state index contributed by atoms with van der Waals surface area (Å²) in [5, 5.41) is 49.2. The molecule has 1 aliphatic heterocycles. The summed E-state index contributed by atoms with van der Waals surface area (Å²) in [6.45, 7) is 1.71. The first-order valence-electron chi connectivity index (χ1n) is 9.75. The summed E-state index contributed by atoms with van der Waals surface area (Å²) in [7, 11) is -5.69. The molecule has 6 N–H and O–H groups in total. The second-order valence-electron chi connectivity index (χ2n) is 7.33. The molecule has 1 aliphatic rings. The second-order valence-corrected chi connectivity index (χ2v) is 10.7. The van der Waals surface area contributed by atoms with Crippen LogP contribution >= 0.6 is 0 Å². The number of hydrogen-bond donors (Lipinski definition) is 6. The molecule has 9 nitrogen and oxygen atoms in total. The summed E-state index contributed by atoms with van der Waals surface area (Å²) < 4.78 is 35.9. The molecule has 1 heterocycles. The molecule has 0 saturated carbocycles. The predicted octanol–water partition coefficient (Wildman–Crippen LogP) is -0.639. The number of rotatable bonds is 14. The fraction of sp³-hybridized carbons (Fsp3) is 1.00. The lowest BCUT2D eigenvalue weighted by atomic mass is 10.0. The van der Waals surface area contributed by atoms with Gasteiger partial charge in [0.2, 0.25) is 0 Å². The van der Waals surface area contributed by atoms with Crippen LogP contribution in [0.1, 0.15) is 51.9 Å². The van der Waals surface area contributed by atoms with E-state index in [0.717, 1.165) is 32.1 Å². The maximum Gasteiger partial charge on any atom is 0.397 e. The van der Waals surface area contributed by atoms with E-state index in [9.17, 15) is 34.0 Å². The van der Waals surface area contributed by atoms with Gasteiger partial charge < -0.3 is 25.5 Å². The van der Waals surface area contributed by atoms with Gasteiger partial charge >= 0.3 is 10.4 Å². The fourth-order valence-electron chi connectivity index (χ4n) is 3.43. The molecule has 1 rings (SSSR count). The molecule has 28 heavy (non-hydrogen) atoms. The number of hydrogen-bond acceptors (Lipinski definition) is 8. The smallest absolute Gasteiger partial charge is 0.391 e. The van der Waals surface area contributed by atoms with E-state index in [2.05, 4.69) is 11.1 Å². The topological polar surface area (TPSA) is 165 Å². The Kier molecular flexibility index (Phi) is 11.8. The van der Waals surface area contributed by atoms with Crippen molar-refractivity contribution >= 4 is 21.3 Å². The normalized spacial score (nSPS) is 29.0. The van der Waals surface area contributed by atoms with Crippen molar-refractivity contribution in [2.24, 2.45) is 0 Å². The van der Waals surface area contributed by atoms with Crippen LogP contribution in [0.5, 0.6) is 0 Å². The maximum atomic E-state index is 11.2. The third-order valence-corrected chi connectivity index (χ3v) is 8.29. The Bertz CT molecular complexity index is 531. The van der Waals surface area contributed by atoms with Crippen LogP contribution in [0.2, 0.25) is 0 Å². The second kappa shape index (κ2) is 12.7. The highest BCUT2D eigenvalue weighted by atomic mass is 32.3. The van der Waals surface area contributed by atoms with Gasteiger partial charge in [-0.05, 0) is 6.42 Å². The van der Waals surface area contributed by atoms with Gasteiger partial charge in [-0.3, -0.25) is 4.55 Å². The molecule has 0 bridgehead atoms. The van der Waals surface area contributed by atoms with E-state index in [1.165, 1.54) is 0 Å². The van der Waals surface area contributed by atoms with Gasteiger partial charge in [0.05, 0.1) is 12.7 Å². The number of aliphatic hydroxyl groups excluding tert-OH is 5. The third-order valence-electron chi connectivity index (χ3n) is 5.00. The fourth-order valence-corrected chi connectivity index (χ4v) is 6.65. The Hall–Kier alpha value is 0.0200. The summed E-state index contributed by atoms with van der Waals surface area (Å²) in [5.41, 5.74) is 0. The Morgan fingerprint density at radius 2 is 1.68 bits per heavy atom. The third kappa shape index (κ3) is 8.80. The van der Waals surface area contributed by atoms with Gasteiger partial charge in [-0.2, -0.15) is 8.42 Å². The largest absolute Gasteiger partial charge is 0.397 e. The highest BCUT2D eigenvalue weighted by Crippen LogP contribution is 2.26. The SMILES string of the molecule is CCCCCCCC[C@@H](O)[C@H](OS(=O)(=O)O)[C@H](O)C[S+]1C[C@@H](O)[C@H](O)[C@H]1CO. The van der Waals surface area contributed by atoms with Crippen molar-refractivity contribution in [2.75, 3.05) is 18.1 Å². The molecule has 0 aromatic carbocycles. The van der Waals surface area contributed by atoms with Gasteiger partial charge in [-0.15, -0.1) is 0 Å². The maximum absolute atomic E-state index is 11.2. The lowest BCUT2D eigenvalue weighted by Crippen LogP contribution is -2.46. The van der Waals surface area contributed by atoms with Gasteiger partial charge in [0.25, 0.3) is 0 Å².